The molecule has 8 heteroatoms. The summed E-state index contributed by atoms with van der Waals surface area (Å²) < 4.78 is 7.39. The zero-order valence-corrected chi connectivity index (χ0v) is 16.1. The van der Waals surface area contributed by atoms with Crippen LogP contribution in [0.25, 0.3) is 0 Å². The third kappa shape index (κ3) is 4.42. The second kappa shape index (κ2) is 8.33. The van der Waals surface area contributed by atoms with E-state index in [0.717, 1.165) is 61.4 Å². The first-order valence-electron chi connectivity index (χ1n) is 9.52. The highest BCUT2D eigenvalue weighted by Crippen LogP contribution is 2.15. The van der Waals surface area contributed by atoms with Crippen LogP contribution in [-0.4, -0.2) is 38.5 Å². The van der Waals surface area contributed by atoms with E-state index in [0.29, 0.717) is 12.5 Å². The number of nitrogens with one attached hydrogen (secondary N) is 2. The Balaban J connectivity index is 1.62. The Morgan fingerprint density at radius 1 is 1.42 bits per heavy atom. The van der Waals surface area contributed by atoms with Crippen LogP contribution in [0.5, 0.6) is 0 Å². The van der Waals surface area contributed by atoms with Crippen molar-refractivity contribution in [3.8, 4) is 0 Å². The fraction of sp³-hybridized carbons (Fsp3) is 0.667. The van der Waals surface area contributed by atoms with Crippen LogP contribution in [0.3, 0.4) is 0 Å². The zero-order valence-electron chi connectivity index (χ0n) is 16.1. The van der Waals surface area contributed by atoms with E-state index in [1.54, 1.807) is 0 Å². The number of aliphatic imine (C=N–C) groups is 1. The Bertz CT molecular complexity index is 747. The number of nitrogens with zero attached hydrogens (tertiary/aromatic N) is 5. The fourth-order valence-corrected chi connectivity index (χ4v) is 2.97. The van der Waals surface area contributed by atoms with Crippen LogP contribution in [0.1, 0.15) is 63.1 Å². The van der Waals surface area contributed by atoms with Gasteiger partial charge in [0.25, 0.3) is 0 Å². The van der Waals surface area contributed by atoms with Gasteiger partial charge in [-0.2, -0.15) is 5.10 Å². The molecule has 0 radical (unpaired) electrons. The molecule has 1 aliphatic rings. The van der Waals surface area contributed by atoms with E-state index in [2.05, 4.69) is 58.6 Å². The number of guanidine groups is 1. The van der Waals surface area contributed by atoms with E-state index >= 15 is 0 Å². The zero-order chi connectivity index (χ0) is 18.5. The van der Waals surface area contributed by atoms with Crippen LogP contribution >= 0.6 is 0 Å². The molecule has 0 amide bonds. The lowest BCUT2D eigenvalue weighted by atomic mass is 10.1. The maximum absolute atomic E-state index is 5.37. The van der Waals surface area contributed by atoms with Crippen LogP contribution in [0.15, 0.2) is 15.6 Å². The number of aryl methyl sites for hydroxylation is 2. The van der Waals surface area contributed by atoms with Gasteiger partial charge in [-0.15, -0.1) is 0 Å². The van der Waals surface area contributed by atoms with Gasteiger partial charge >= 0.3 is 0 Å². The Morgan fingerprint density at radius 3 is 2.96 bits per heavy atom. The second-order valence-electron chi connectivity index (χ2n) is 6.93. The van der Waals surface area contributed by atoms with Crippen molar-refractivity contribution in [3.63, 3.8) is 0 Å². The van der Waals surface area contributed by atoms with E-state index in [1.165, 1.54) is 0 Å². The average molecular weight is 359 g/mol. The Hall–Kier alpha value is -2.38. The maximum atomic E-state index is 5.37. The minimum absolute atomic E-state index is 0.285. The molecule has 2 N–H and O–H groups in total. The SMILES string of the molecule is CCNC(=NCc1cc(C(C)C)no1)NC1CCc2nc(CC)nn2C1. The summed E-state index contributed by atoms with van der Waals surface area (Å²) in [5, 5.41) is 15.5. The van der Waals surface area contributed by atoms with Gasteiger partial charge in [0.05, 0.1) is 12.2 Å². The number of aromatic nitrogens is 4. The summed E-state index contributed by atoms with van der Waals surface area (Å²) in [5.41, 5.74) is 0.964. The number of hydrogen-bond acceptors (Lipinski definition) is 5. The molecule has 0 saturated carbocycles. The molecule has 1 unspecified atom stereocenters. The van der Waals surface area contributed by atoms with Crippen molar-refractivity contribution in [3.05, 3.63) is 29.2 Å². The summed E-state index contributed by atoms with van der Waals surface area (Å²) in [4.78, 5) is 9.21. The summed E-state index contributed by atoms with van der Waals surface area (Å²) in [6.07, 6.45) is 2.83. The van der Waals surface area contributed by atoms with Crippen molar-refractivity contribution >= 4 is 5.96 Å². The van der Waals surface area contributed by atoms with Crippen LogP contribution in [0.4, 0.5) is 0 Å². The molecule has 2 aromatic rings. The third-order valence-electron chi connectivity index (χ3n) is 4.46. The molecule has 1 aliphatic heterocycles. The fourth-order valence-electron chi connectivity index (χ4n) is 2.97. The van der Waals surface area contributed by atoms with Crippen molar-refractivity contribution in [2.45, 2.75) is 72.0 Å². The molecule has 0 saturated heterocycles. The standard InChI is InChI=1S/C18H29N7O/c1-5-16-22-17-8-7-13(11-25(17)23-16)21-18(19-6-2)20-10-14-9-15(12(3)4)24-26-14/h9,12-13H,5-8,10-11H2,1-4H3,(H2,19,20,21). The molecule has 26 heavy (non-hydrogen) atoms. The number of rotatable bonds is 6. The molecule has 142 valence electrons. The monoisotopic (exact) mass is 359 g/mol. The van der Waals surface area contributed by atoms with Crippen molar-refractivity contribution in [2.75, 3.05) is 6.54 Å². The maximum Gasteiger partial charge on any atom is 0.191 e. The molecule has 3 heterocycles. The van der Waals surface area contributed by atoms with Gasteiger partial charge in [0.2, 0.25) is 0 Å². The van der Waals surface area contributed by atoms with Gasteiger partial charge < -0.3 is 15.2 Å². The first-order chi connectivity index (χ1) is 12.6. The summed E-state index contributed by atoms with van der Waals surface area (Å²) in [6.45, 7) is 10.4. The lowest BCUT2D eigenvalue weighted by Crippen LogP contribution is -2.47. The number of hydrogen-bond donors (Lipinski definition) is 2. The van der Waals surface area contributed by atoms with Crippen LogP contribution in [0, 0.1) is 0 Å². The molecule has 0 spiro atoms. The van der Waals surface area contributed by atoms with Gasteiger partial charge in [0.1, 0.15) is 12.4 Å². The minimum Gasteiger partial charge on any atom is -0.359 e. The molecular formula is C18H29N7O. The highest BCUT2D eigenvalue weighted by Gasteiger charge is 2.22. The lowest BCUT2D eigenvalue weighted by molar-refractivity contribution is 0.375. The van der Waals surface area contributed by atoms with Gasteiger partial charge in [0.15, 0.2) is 17.5 Å². The van der Waals surface area contributed by atoms with Gasteiger partial charge in [-0.3, -0.25) is 0 Å². The van der Waals surface area contributed by atoms with Gasteiger partial charge in [-0.1, -0.05) is 25.9 Å². The lowest BCUT2D eigenvalue weighted by Gasteiger charge is -2.25. The van der Waals surface area contributed by atoms with Crippen molar-refractivity contribution in [1.82, 2.24) is 30.6 Å². The first-order valence-corrected chi connectivity index (χ1v) is 9.52. The molecule has 2 aromatic heterocycles. The van der Waals surface area contributed by atoms with Crippen molar-refractivity contribution in [1.29, 1.82) is 0 Å². The molecule has 8 nitrogen and oxygen atoms in total. The molecule has 3 rings (SSSR count). The predicted molar refractivity (Wildman–Crippen MR) is 100 cm³/mol. The van der Waals surface area contributed by atoms with Gasteiger partial charge in [-0.05, 0) is 19.3 Å². The van der Waals surface area contributed by atoms with E-state index in [9.17, 15) is 0 Å². The topological polar surface area (TPSA) is 93.2 Å². The summed E-state index contributed by atoms with van der Waals surface area (Å²) >= 11 is 0. The smallest absolute Gasteiger partial charge is 0.191 e. The normalized spacial score (nSPS) is 17.4. The molecule has 0 fully saturated rings. The van der Waals surface area contributed by atoms with Crippen molar-refractivity contribution < 1.29 is 4.52 Å². The van der Waals surface area contributed by atoms with Crippen LogP contribution in [-0.2, 0) is 25.9 Å². The Kier molecular flexibility index (Phi) is 5.90. The van der Waals surface area contributed by atoms with Crippen molar-refractivity contribution in [2.24, 2.45) is 4.99 Å². The quantitative estimate of drug-likeness (QED) is 0.605. The Labute approximate surface area is 154 Å². The summed E-state index contributed by atoms with van der Waals surface area (Å²) in [7, 11) is 0. The van der Waals surface area contributed by atoms with Crippen LogP contribution in [0.2, 0.25) is 0 Å². The van der Waals surface area contributed by atoms with E-state index < -0.39 is 0 Å². The molecule has 0 aromatic carbocycles. The summed E-state index contributed by atoms with van der Waals surface area (Å²) in [5.74, 6) is 3.94. The predicted octanol–water partition coefficient (Wildman–Crippen LogP) is 2.02. The molecular weight excluding hydrogens is 330 g/mol. The largest absolute Gasteiger partial charge is 0.359 e. The first kappa shape index (κ1) is 18.4. The Morgan fingerprint density at radius 2 is 2.27 bits per heavy atom. The molecule has 0 bridgehead atoms. The molecule has 0 aliphatic carbocycles. The van der Waals surface area contributed by atoms with Crippen LogP contribution < -0.4 is 10.6 Å². The summed E-state index contributed by atoms with van der Waals surface area (Å²) in [6, 6.07) is 2.26. The number of fused-ring (bicyclic) bond motifs is 1. The van der Waals surface area contributed by atoms with E-state index in [4.69, 9.17) is 4.52 Å². The van der Waals surface area contributed by atoms with Gasteiger partial charge in [-0.25, -0.2) is 14.7 Å². The van der Waals surface area contributed by atoms with E-state index in [1.807, 2.05) is 10.7 Å². The highest BCUT2D eigenvalue weighted by molar-refractivity contribution is 5.80. The minimum atomic E-state index is 0.285. The van der Waals surface area contributed by atoms with Gasteiger partial charge in [0, 0.05) is 31.5 Å². The van der Waals surface area contributed by atoms with E-state index in [-0.39, 0.29) is 6.04 Å². The molecule has 1 atom stereocenters. The second-order valence-corrected chi connectivity index (χ2v) is 6.93. The highest BCUT2D eigenvalue weighted by atomic mass is 16.5. The average Bonchev–Trinajstić information content (AvgIpc) is 3.26. The third-order valence-corrected chi connectivity index (χ3v) is 4.46.